The molecular formula is C62H107O11P. The highest BCUT2D eigenvalue weighted by molar-refractivity contribution is 7.47. The molecule has 0 saturated carbocycles. The largest absolute Gasteiger partial charge is 0.472 e. The molecule has 0 aromatic heterocycles. The Balaban J connectivity index is 4.78. The van der Waals surface area contributed by atoms with E-state index in [1.165, 1.54) is 83.5 Å². The van der Waals surface area contributed by atoms with E-state index in [9.17, 15) is 28.9 Å². The van der Waals surface area contributed by atoms with E-state index in [1.54, 1.807) is 0 Å². The van der Waals surface area contributed by atoms with Gasteiger partial charge in [-0.2, -0.15) is 0 Å². The molecule has 0 amide bonds. The van der Waals surface area contributed by atoms with Gasteiger partial charge >= 0.3 is 25.7 Å². The van der Waals surface area contributed by atoms with Crippen LogP contribution in [0.15, 0.2) is 85.1 Å². The van der Waals surface area contributed by atoms with Gasteiger partial charge in [-0.1, -0.05) is 209 Å². The van der Waals surface area contributed by atoms with Gasteiger partial charge in [0.1, 0.15) is 12.7 Å². The first-order valence-corrected chi connectivity index (χ1v) is 31.0. The summed E-state index contributed by atoms with van der Waals surface area (Å²) >= 11 is 0. The Kier molecular flexibility index (Phi) is 53.4. The molecule has 2 N–H and O–H groups in total. The molecule has 0 spiro atoms. The van der Waals surface area contributed by atoms with Gasteiger partial charge in [-0.25, -0.2) is 4.57 Å². The second-order valence-corrected chi connectivity index (χ2v) is 20.9. The number of allylic oxidation sites excluding steroid dienone is 14. The van der Waals surface area contributed by atoms with Crippen LogP contribution < -0.4 is 0 Å². The van der Waals surface area contributed by atoms with Gasteiger partial charge in [0.2, 0.25) is 0 Å². The number of phosphoric acid groups is 1. The minimum atomic E-state index is -4.76. The summed E-state index contributed by atoms with van der Waals surface area (Å²) in [5, 5.41) is 9.81. The van der Waals surface area contributed by atoms with Gasteiger partial charge in [0.15, 0.2) is 6.10 Å². The van der Waals surface area contributed by atoms with Crippen molar-refractivity contribution in [3.05, 3.63) is 85.1 Å². The minimum absolute atomic E-state index is 0.153. The van der Waals surface area contributed by atoms with Gasteiger partial charge in [0.25, 0.3) is 0 Å². The van der Waals surface area contributed by atoms with Crippen molar-refractivity contribution in [3.63, 3.8) is 0 Å². The predicted octanol–water partition coefficient (Wildman–Crippen LogP) is 17.5. The molecule has 74 heavy (non-hydrogen) atoms. The topological polar surface area (TPSA) is 155 Å². The molecule has 11 nitrogen and oxygen atoms in total. The molecule has 0 aromatic rings. The number of unbranched alkanes of at least 4 members (excludes halogenated alkanes) is 23. The van der Waals surface area contributed by atoms with Crippen molar-refractivity contribution >= 4 is 25.7 Å². The highest BCUT2D eigenvalue weighted by Crippen LogP contribution is 2.43. The standard InChI is InChI=1S/C62H107O11P/c1-4-7-10-13-16-19-22-25-27-28-29-30-32-35-38-41-44-47-50-53-62(66)73-59(55-69-60(64)51-48-45-42-39-36-34-31-26-23-20-17-14-11-8-5-2)57-71-74(67,68)70-56-58(54-63)72-61(65)52-49-46-43-40-37-33-24-21-18-15-12-9-6-3/h8,11-12,15,17,20-21,24-27,31,36,39,58-59,63H,4-7,9-10,13-14,16,18-19,22-23,28-30,32-35,37-38,40-57H2,1-3H3,(H,67,68)/b11-8-,15-12-,20-17-,24-21-,27-25-,31-26-,39-36-. The number of phosphoric ester groups is 1. The van der Waals surface area contributed by atoms with Crippen LogP contribution in [0.1, 0.15) is 252 Å². The number of rotatable bonds is 54. The van der Waals surface area contributed by atoms with Crippen LogP contribution >= 0.6 is 7.82 Å². The second kappa shape index (κ2) is 55.9. The molecule has 3 unspecified atom stereocenters. The molecule has 3 atom stereocenters. The molecule has 426 valence electrons. The SMILES string of the molecule is CC/C=C\C/C=C\C/C=C\C/C=C\CCCCC(=O)OCC(COP(=O)(O)OCC(CO)OC(=O)CCCCCCC/C=C\C/C=C\CCC)OC(=O)CCCCCCCCCCC/C=C\CCCCCCCC. The number of hydrogen-bond acceptors (Lipinski definition) is 10. The fourth-order valence-corrected chi connectivity index (χ4v) is 8.58. The molecule has 0 fully saturated rings. The summed E-state index contributed by atoms with van der Waals surface area (Å²) in [6.45, 7) is 4.41. The van der Waals surface area contributed by atoms with Gasteiger partial charge < -0.3 is 24.2 Å². The summed E-state index contributed by atoms with van der Waals surface area (Å²) < 4.78 is 39.5. The fraction of sp³-hybridized carbons (Fsp3) is 0.726. The molecular weight excluding hydrogens is 952 g/mol. The first-order chi connectivity index (χ1) is 36.2. The molecule has 0 saturated heterocycles. The van der Waals surface area contributed by atoms with Crippen LogP contribution in [0.5, 0.6) is 0 Å². The quantitative estimate of drug-likeness (QED) is 0.0197. The zero-order chi connectivity index (χ0) is 54.1. The van der Waals surface area contributed by atoms with Gasteiger partial charge in [0, 0.05) is 19.3 Å². The Morgan fingerprint density at radius 3 is 1.18 bits per heavy atom. The van der Waals surface area contributed by atoms with Gasteiger partial charge in [-0.15, -0.1) is 0 Å². The van der Waals surface area contributed by atoms with E-state index in [4.69, 9.17) is 23.3 Å². The highest BCUT2D eigenvalue weighted by atomic mass is 31.2. The maximum Gasteiger partial charge on any atom is 0.472 e. The van der Waals surface area contributed by atoms with Crippen molar-refractivity contribution in [2.45, 2.75) is 264 Å². The lowest BCUT2D eigenvalue weighted by molar-refractivity contribution is -0.161. The van der Waals surface area contributed by atoms with Crippen LogP contribution in [-0.4, -0.2) is 66.5 Å². The molecule has 0 heterocycles. The third kappa shape index (κ3) is 53.5. The van der Waals surface area contributed by atoms with Crippen LogP contribution in [0, 0.1) is 0 Å². The average Bonchev–Trinajstić information content (AvgIpc) is 3.39. The Hall–Kier alpha value is -3.34. The lowest BCUT2D eigenvalue weighted by Gasteiger charge is -2.21. The van der Waals surface area contributed by atoms with Gasteiger partial charge in [-0.3, -0.25) is 23.4 Å². The molecule has 0 rings (SSSR count). The summed E-state index contributed by atoms with van der Waals surface area (Å²) in [5.41, 5.74) is 0. The average molecular weight is 1060 g/mol. The molecule has 0 aliphatic heterocycles. The first-order valence-electron chi connectivity index (χ1n) is 29.5. The maximum absolute atomic E-state index is 12.9. The molecule has 0 aliphatic rings. The molecule has 12 heteroatoms. The molecule has 0 radical (unpaired) electrons. The van der Waals surface area contributed by atoms with E-state index in [2.05, 4.69) is 106 Å². The summed E-state index contributed by atoms with van der Waals surface area (Å²) in [4.78, 5) is 48.5. The van der Waals surface area contributed by atoms with Crippen LogP contribution in [0.25, 0.3) is 0 Å². The Bertz CT molecular complexity index is 1560. The normalized spacial score (nSPS) is 14.0. The lowest BCUT2D eigenvalue weighted by Crippen LogP contribution is -2.30. The predicted molar refractivity (Wildman–Crippen MR) is 307 cm³/mol. The third-order valence-corrected chi connectivity index (χ3v) is 13.2. The third-order valence-electron chi connectivity index (χ3n) is 12.3. The molecule has 0 bridgehead atoms. The van der Waals surface area contributed by atoms with E-state index in [1.807, 2.05) is 0 Å². The van der Waals surface area contributed by atoms with Crippen molar-refractivity contribution in [3.8, 4) is 0 Å². The zero-order valence-electron chi connectivity index (χ0n) is 47.0. The monoisotopic (exact) mass is 1060 g/mol. The zero-order valence-corrected chi connectivity index (χ0v) is 47.9. The lowest BCUT2D eigenvalue weighted by atomic mass is 10.1. The fourth-order valence-electron chi connectivity index (χ4n) is 7.79. The van der Waals surface area contributed by atoms with Crippen LogP contribution in [-0.2, 0) is 42.2 Å². The van der Waals surface area contributed by atoms with Crippen molar-refractivity contribution in [1.29, 1.82) is 0 Å². The van der Waals surface area contributed by atoms with E-state index in [-0.39, 0.29) is 25.9 Å². The first kappa shape index (κ1) is 70.7. The number of ether oxygens (including phenoxy) is 3. The summed E-state index contributed by atoms with van der Waals surface area (Å²) in [5.74, 6) is -1.53. The smallest absolute Gasteiger partial charge is 0.462 e. The number of aliphatic hydroxyl groups is 1. The van der Waals surface area contributed by atoms with E-state index in [0.29, 0.717) is 19.3 Å². The number of aliphatic hydroxyl groups excluding tert-OH is 1. The highest BCUT2D eigenvalue weighted by Gasteiger charge is 2.28. The Morgan fingerprint density at radius 1 is 0.392 bits per heavy atom. The second-order valence-electron chi connectivity index (χ2n) is 19.4. The van der Waals surface area contributed by atoms with Crippen molar-refractivity contribution in [2.24, 2.45) is 0 Å². The molecule has 0 aliphatic carbocycles. The van der Waals surface area contributed by atoms with Crippen LogP contribution in [0.3, 0.4) is 0 Å². The van der Waals surface area contributed by atoms with E-state index < -0.39 is 57.8 Å². The number of carbonyl (C=O) groups excluding carboxylic acids is 3. The van der Waals surface area contributed by atoms with Crippen molar-refractivity contribution in [1.82, 2.24) is 0 Å². The maximum atomic E-state index is 12.9. The summed E-state index contributed by atoms with van der Waals surface area (Å²) in [7, 11) is -4.76. The summed E-state index contributed by atoms with van der Waals surface area (Å²) in [6, 6.07) is 0. The minimum Gasteiger partial charge on any atom is -0.462 e. The van der Waals surface area contributed by atoms with Gasteiger partial charge in [-0.05, 0) is 109 Å². The van der Waals surface area contributed by atoms with Crippen molar-refractivity contribution < 1.29 is 52.2 Å². The van der Waals surface area contributed by atoms with Crippen LogP contribution in [0.2, 0.25) is 0 Å². The Labute approximate surface area is 451 Å². The van der Waals surface area contributed by atoms with E-state index in [0.717, 1.165) is 109 Å². The Morgan fingerprint density at radius 2 is 0.730 bits per heavy atom. The molecule has 0 aromatic carbocycles. The number of carbonyl (C=O) groups is 3. The van der Waals surface area contributed by atoms with Gasteiger partial charge in [0.05, 0.1) is 19.8 Å². The summed E-state index contributed by atoms with van der Waals surface area (Å²) in [6.07, 6.45) is 64.0. The van der Waals surface area contributed by atoms with Crippen LogP contribution in [0.4, 0.5) is 0 Å². The van der Waals surface area contributed by atoms with Crippen molar-refractivity contribution in [2.75, 3.05) is 26.4 Å². The number of esters is 3. The number of hydrogen-bond donors (Lipinski definition) is 2. The van der Waals surface area contributed by atoms with E-state index >= 15 is 0 Å².